The Hall–Kier alpha value is -2.56. The van der Waals surface area contributed by atoms with Crippen LogP contribution in [-0.4, -0.2) is 23.8 Å². The maximum Gasteiger partial charge on any atom is 0.321 e. The molecule has 2 amide bonds. The maximum absolute atomic E-state index is 12.1. The van der Waals surface area contributed by atoms with E-state index in [-0.39, 0.29) is 11.8 Å². The summed E-state index contributed by atoms with van der Waals surface area (Å²) in [6, 6.07) is 8.44. The van der Waals surface area contributed by atoms with Crippen molar-refractivity contribution in [2.75, 3.05) is 12.4 Å². The summed E-state index contributed by atoms with van der Waals surface area (Å²) in [5, 5.41) is 2.78. The lowest BCUT2D eigenvalue weighted by Gasteiger charge is -2.17. The van der Waals surface area contributed by atoms with Gasteiger partial charge in [-0.15, -0.1) is 0 Å². The molecule has 1 aromatic heterocycles. The van der Waals surface area contributed by atoms with E-state index in [4.69, 9.17) is 4.42 Å². The molecule has 0 radical (unpaired) electrons. The van der Waals surface area contributed by atoms with Crippen LogP contribution in [0.5, 0.6) is 0 Å². The highest BCUT2D eigenvalue weighted by Crippen LogP contribution is 2.13. The fourth-order valence-corrected chi connectivity index (χ4v) is 1.91. The van der Waals surface area contributed by atoms with Gasteiger partial charge >= 0.3 is 6.03 Å². The van der Waals surface area contributed by atoms with E-state index in [0.29, 0.717) is 17.8 Å². The number of carbonyl (C=O) groups excluding carboxylic acids is 2. The predicted octanol–water partition coefficient (Wildman–Crippen LogP) is 3.45. The minimum absolute atomic E-state index is 0.000396. The Bertz CT molecular complexity index is 644. The average molecular weight is 286 g/mol. The largest absolute Gasteiger partial charge is 0.469 e. The number of nitrogens with one attached hydrogen (secondary N) is 1. The summed E-state index contributed by atoms with van der Waals surface area (Å²) >= 11 is 0. The number of hydrogen-bond acceptors (Lipinski definition) is 3. The quantitative estimate of drug-likeness (QED) is 0.875. The summed E-state index contributed by atoms with van der Waals surface area (Å²) in [7, 11) is 1.71. The van der Waals surface area contributed by atoms with E-state index in [9.17, 15) is 9.59 Å². The van der Waals surface area contributed by atoms with Crippen molar-refractivity contribution < 1.29 is 14.0 Å². The molecule has 0 bridgehead atoms. The fourth-order valence-electron chi connectivity index (χ4n) is 1.91. The van der Waals surface area contributed by atoms with E-state index >= 15 is 0 Å². The molecule has 0 fully saturated rings. The van der Waals surface area contributed by atoms with Crippen LogP contribution in [0.1, 0.15) is 28.6 Å². The zero-order valence-corrected chi connectivity index (χ0v) is 12.3. The lowest BCUT2D eigenvalue weighted by Crippen LogP contribution is -2.30. The van der Waals surface area contributed by atoms with Crippen LogP contribution in [0.25, 0.3) is 0 Å². The van der Waals surface area contributed by atoms with Crippen LogP contribution in [0.3, 0.4) is 0 Å². The molecule has 5 heteroatoms. The lowest BCUT2D eigenvalue weighted by atomic mass is 10.1. The van der Waals surface area contributed by atoms with Gasteiger partial charge in [-0.1, -0.05) is 0 Å². The molecule has 0 unspecified atom stereocenters. The normalized spacial score (nSPS) is 10.2. The highest BCUT2D eigenvalue weighted by Gasteiger charge is 2.12. The molecule has 0 spiro atoms. The average Bonchev–Trinajstić information content (AvgIpc) is 2.84. The summed E-state index contributed by atoms with van der Waals surface area (Å²) in [4.78, 5) is 24.8. The third-order valence-corrected chi connectivity index (χ3v) is 3.26. The number of benzene rings is 1. The smallest absolute Gasteiger partial charge is 0.321 e. The molecule has 0 aliphatic rings. The number of aryl methyl sites for hydroxylation is 1. The fraction of sp³-hybridized carbons (Fsp3) is 0.250. The molecule has 5 nitrogen and oxygen atoms in total. The van der Waals surface area contributed by atoms with Gasteiger partial charge in [0.15, 0.2) is 5.78 Å². The van der Waals surface area contributed by atoms with Crippen LogP contribution < -0.4 is 5.32 Å². The van der Waals surface area contributed by atoms with E-state index in [2.05, 4.69) is 5.32 Å². The number of nitrogens with zero attached hydrogens (tertiary/aromatic N) is 1. The van der Waals surface area contributed by atoms with Crippen molar-refractivity contribution in [2.24, 2.45) is 0 Å². The van der Waals surface area contributed by atoms with Gasteiger partial charge < -0.3 is 14.6 Å². The van der Waals surface area contributed by atoms with Crippen molar-refractivity contribution in [3.05, 3.63) is 53.5 Å². The van der Waals surface area contributed by atoms with E-state index in [1.165, 1.54) is 6.92 Å². The number of rotatable bonds is 4. The van der Waals surface area contributed by atoms with Crippen molar-refractivity contribution in [2.45, 2.75) is 20.4 Å². The summed E-state index contributed by atoms with van der Waals surface area (Å²) < 4.78 is 5.21. The number of amides is 2. The standard InChI is InChI=1S/C16H18N2O3/c1-11(19)13-4-6-15(7-5-13)17-16(20)18(3)10-14-8-9-21-12(14)2/h4-9H,10H2,1-3H3,(H,17,20). The minimum atomic E-state index is -0.217. The Kier molecular flexibility index (Phi) is 4.42. The molecule has 2 aromatic rings. The molecular formula is C16H18N2O3. The summed E-state index contributed by atoms with van der Waals surface area (Å²) in [6.45, 7) is 3.84. The Morgan fingerprint density at radius 2 is 1.86 bits per heavy atom. The Balaban J connectivity index is 1.97. The summed E-state index contributed by atoms with van der Waals surface area (Å²) in [5.41, 5.74) is 2.25. The number of Topliss-reactive ketones (excluding diaryl/α,β-unsaturated/α-hetero) is 1. The third-order valence-electron chi connectivity index (χ3n) is 3.26. The molecule has 1 aromatic carbocycles. The van der Waals surface area contributed by atoms with Gasteiger partial charge in [0.1, 0.15) is 5.76 Å². The van der Waals surface area contributed by atoms with Crippen molar-refractivity contribution in [1.29, 1.82) is 0 Å². The van der Waals surface area contributed by atoms with Crippen LogP contribution in [0.2, 0.25) is 0 Å². The van der Waals surface area contributed by atoms with Gasteiger partial charge in [0, 0.05) is 23.9 Å². The second-order valence-corrected chi connectivity index (χ2v) is 4.92. The first-order valence-corrected chi connectivity index (χ1v) is 6.63. The Labute approximate surface area is 123 Å². The van der Waals surface area contributed by atoms with Crippen LogP contribution in [0.15, 0.2) is 41.0 Å². The van der Waals surface area contributed by atoms with Crippen molar-refractivity contribution >= 4 is 17.5 Å². The molecule has 0 aliphatic carbocycles. The number of carbonyl (C=O) groups is 2. The van der Waals surface area contributed by atoms with Crippen LogP contribution >= 0.6 is 0 Å². The Morgan fingerprint density at radius 1 is 1.19 bits per heavy atom. The summed E-state index contributed by atoms with van der Waals surface area (Å²) in [6.07, 6.45) is 1.61. The molecule has 1 N–H and O–H groups in total. The number of anilines is 1. The van der Waals surface area contributed by atoms with E-state index in [1.54, 1.807) is 42.5 Å². The molecular weight excluding hydrogens is 268 g/mol. The first-order chi connectivity index (χ1) is 9.97. The second kappa shape index (κ2) is 6.26. The highest BCUT2D eigenvalue weighted by atomic mass is 16.3. The van der Waals surface area contributed by atoms with Gasteiger partial charge in [-0.05, 0) is 44.2 Å². The first kappa shape index (κ1) is 14.8. The number of furan rings is 1. The highest BCUT2D eigenvalue weighted by molar-refractivity contribution is 5.95. The van der Waals surface area contributed by atoms with Gasteiger partial charge in [-0.2, -0.15) is 0 Å². The van der Waals surface area contributed by atoms with Crippen LogP contribution in [0.4, 0.5) is 10.5 Å². The summed E-state index contributed by atoms with van der Waals surface area (Å²) in [5.74, 6) is 0.806. The third kappa shape index (κ3) is 3.72. The number of urea groups is 1. The SMILES string of the molecule is CC(=O)c1ccc(NC(=O)N(C)Cc2ccoc2C)cc1. The molecule has 1 heterocycles. The second-order valence-electron chi connectivity index (χ2n) is 4.92. The zero-order valence-electron chi connectivity index (χ0n) is 12.3. The van der Waals surface area contributed by atoms with Gasteiger partial charge in [-0.3, -0.25) is 4.79 Å². The predicted molar refractivity (Wildman–Crippen MR) is 80.4 cm³/mol. The number of ketones is 1. The molecule has 21 heavy (non-hydrogen) atoms. The monoisotopic (exact) mass is 286 g/mol. The van der Waals surface area contributed by atoms with Crippen molar-refractivity contribution in [3.8, 4) is 0 Å². The van der Waals surface area contributed by atoms with Crippen molar-refractivity contribution in [1.82, 2.24) is 4.90 Å². The van der Waals surface area contributed by atoms with Gasteiger partial charge in [0.2, 0.25) is 0 Å². The van der Waals surface area contributed by atoms with Crippen LogP contribution in [-0.2, 0) is 6.54 Å². The zero-order chi connectivity index (χ0) is 15.4. The van der Waals surface area contributed by atoms with Gasteiger partial charge in [0.25, 0.3) is 0 Å². The maximum atomic E-state index is 12.1. The molecule has 0 atom stereocenters. The molecule has 110 valence electrons. The molecule has 0 saturated heterocycles. The number of hydrogen-bond donors (Lipinski definition) is 1. The van der Waals surface area contributed by atoms with Gasteiger partial charge in [0.05, 0.1) is 12.8 Å². The molecule has 0 saturated carbocycles. The van der Waals surface area contributed by atoms with E-state index < -0.39 is 0 Å². The van der Waals surface area contributed by atoms with E-state index in [1.807, 2.05) is 13.0 Å². The molecule has 2 rings (SSSR count). The van der Waals surface area contributed by atoms with E-state index in [0.717, 1.165) is 11.3 Å². The minimum Gasteiger partial charge on any atom is -0.469 e. The Morgan fingerprint density at radius 3 is 2.38 bits per heavy atom. The first-order valence-electron chi connectivity index (χ1n) is 6.63. The molecule has 0 aliphatic heterocycles. The topological polar surface area (TPSA) is 62.6 Å². The van der Waals surface area contributed by atoms with Crippen LogP contribution in [0, 0.1) is 6.92 Å². The van der Waals surface area contributed by atoms with Gasteiger partial charge in [-0.25, -0.2) is 4.79 Å². The lowest BCUT2D eigenvalue weighted by molar-refractivity contribution is 0.101. The van der Waals surface area contributed by atoms with Crippen molar-refractivity contribution in [3.63, 3.8) is 0 Å².